The number of hydrogen-bond acceptors (Lipinski definition) is 7. The van der Waals surface area contributed by atoms with Crippen LogP contribution in [0.1, 0.15) is 51.3 Å². The predicted molar refractivity (Wildman–Crippen MR) is 129 cm³/mol. The lowest BCUT2D eigenvalue weighted by Crippen LogP contribution is -2.35. The van der Waals surface area contributed by atoms with Crippen LogP contribution in [-0.2, 0) is 11.2 Å². The highest BCUT2D eigenvalue weighted by molar-refractivity contribution is 5.83. The van der Waals surface area contributed by atoms with E-state index in [0.29, 0.717) is 42.3 Å². The molecule has 1 aliphatic rings. The van der Waals surface area contributed by atoms with Gasteiger partial charge < -0.3 is 29.0 Å². The Labute approximate surface area is 200 Å². The van der Waals surface area contributed by atoms with E-state index >= 15 is 0 Å². The Kier molecular flexibility index (Phi) is 7.59. The largest absolute Gasteiger partial charge is 0.493 e. The fourth-order valence-electron chi connectivity index (χ4n) is 4.15. The molecular weight excluding hydrogens is 438 g/mol. The Hall–Kier alpha value is -3.42. The summed E-state index contributed by atoms with van der Waals surface area (Å²) in [6.45, 7) is 7.70. The number of hydrogen-bond donors (Lipinski definition) is 1. The van der Waals surface area contributed by atoms with E-state index < -0.39 is 17.7 Å². The van der Waals surface area contributed by atoms with Gasteiger partial charge in [0.25, 0.3) is 0 Å². The van der Waals surface area contributed by atoms with Gasteiger partial charge in [0.05, 0.1) is 34.0 Å². The fraction of sp³-hybridized carbons (Fsp3) is 0.462. The molecule has 184 valence electrons. The molecule has 0 saturated heterocycles. The van der Waals surface area contributed by atoms with Gasteiger partial charge >= 0.3 is 6.09 Å². The maximum absolute atomic E-state index is 12.9. The maximum Gasteiger partial charge on any atom is 0.408 e. The first-order valence-electron chi connectivity index (χ1n) is 11.3. The van der Waals surface area contributed by atoms with Gasteiger partial charge in [-0.2, -0.15) is 0 Å². The Balaban J connectivity index is 2.29. The standard InChI is InChI=1S/C26H33NO7/c1-8-33-24-22-15(13-21(31-6)23(24)32-7)9-11-18(27-25(29)34-26(2,3)4)17-14-19(28)20(30-5)12-10-16(17)22/h10,12-14,18H,8-9,11H2,1-7H3,(H,27,29). The van der Waals surface area contributed by atoms with Crippen molar-refractivity contribution >= 4 is 6.09 Å². The van der Waals surface area contributed by atoms with Crippen molar-refractivity contribution in [3.05, 3.63) is 45.6 Å². The van der Waals surface area contributed by atoms with Crippen LogP contribution in [0.2, 0.25) is 0 Å². The molecule has 0 heterocycles. The number of methoxy groups -OCH3 is 3. The molecule has 2 aromatic rings. The molecule has 1 atom stereocenters. The highest BCUT2D eigenvalue weighted by atomic mass is 16.6. The number of rotatable bonds is 6. The van der Waals surface area contributed by atoms with Crippen LogP contribution >= 0.6 is 0 Å². The number of ether oxygens (including phenoxy) is 5. The summed E-state index contributed by atoms with van der Waals surface area (Å²) in [7, 11) is 4.58. The number of nitrogens with one attached hydrogen (secondary N) is 1. The van der Waals surface area contributed by atoms with Crippen LogP contribution in [0.5, 0.6) is 23.0 Å². The van der Waals surface area contributed by atoms with Gasteiger partial charge in [-0.15, -0.1) is 0 Å². The lowest BCUT2D eigenvalue weighted by molar-refractivity contribution is 0.0501. The van der Waals surface area contributed by atoms with E-state index in [1.165, 1.54) is 13.2 Å². The summed E-state index contributed by atoms with van der Waals surface area (Å²) in [5.74, 6) is 1.74. The van der Waals surface area contributed by atoms with Crippen LogP contribution in [0.3, 0.4) is 0 Å². The summed E-state index contributed by atoms with van der Waals surface area (Å²) in [6, 6.07) is 6.40. The third-order valence-electron chi connectivity index (χ3n) is 5.50. The van der Waals surface area contributed by atoms with Gasteiger partial charge in [-0.25, -0.2) is 4.79 Å². The van der Waals surface area contributed by atoms with Crippen molar-refractivity contribution in [1.29, 1.82) is 0 Å². The third kappa shape index (κ3) is 5.21. The summed E-state index contributed by atoms with van der Waals surface area (Å²) < 4.78 is 28.1. The van der Waals surface area contributed by atoms with Crippen LogP contribution in [0.25, 0.3) is 11.1 Å². The topological polar surface area (TPSA) is 92.3 Å². The quantitative estimate of drug-likeness (QED) is 0.656. The zero-order valence-electron chi connectivity index (χ0n) is 20.9. The molecule has 0 saturated carbocycles. The van der Waals surface area contributed by atoms with E-state index in [1.54, 1.807) is 41.1 Å². The zero-order valence-corrected chi connectivity index (χ0v) is 20.9. The van der Waals surface area contributed by atoms with Gasteiger partial charge in [-0.3, -0.25) is 4.79 Å². The number of carbonyl (C=O) groups is 1. The summed E-state index contributed by atoms with van der Waals surface area (Å²) in [4.78, 5) is 25.6. The molecule has 1 N–H and O–H groups in total. The first-order chi connectivity index (χ1) is 16.1. The molecule has 34 heavy (non-hydrogen) atoms. The second-order valence-electron chi connectivity index (χ2n) is 8.93. The second kappa shape index (κ2) is 10.2. The normalized spacial score (nSPS) is 14.7. The van der Waals surface area contributed by atoms with Crippen LogP contribution in [0.15, 0.2) is 29.1 Å². The van der Waals surface area contributed by atoms with Crippen molar-refractivity contribution in [1.82, 2.24) is 5.32 Å². The lowest BCUT2D eigenvalue weighted by Gasteiger charge is -2.23. The first-order valence-corrected chi connectivity index (χ1v) is 11.3. The fourth-order valence-corrected chi connectivity index (χ4v) is 4.15. The first kappa shape index (κ1) is 25.2. The highest BCUT2D eigenvalue weighted by Gasteiger charge is 2.31. The van der Waals surface area contributed by atoms with E-state index in [9.17, 15) is 9.59 Å². The van der Waals surface area contributed by atoms with Crippen molar-refractivity contribution in [3.63, 3.8) is 0 Å². The number of fused-ring (bicyclic) bond motifs is 3. The maximum atomic E-state index is 12.9. The SMILES string of the molecule is CCOc1c(OC)c(OC)cc2c1-c1ccc(OC)c(=O)cc1C(NC(=O)OC(C)(C)C)CC2. The Morgan fingerprint density at radius 3 is 2.32 bits per heavy atom. The summed E-state index contributed by atoms with van der Waals surface area (Å²) >= 11 is 0. The number of amides is 1. The molecular formula is C26H33NO7. The molecule has 2 aromatic carbocycles. The molecule has 0 spiro atoms. The van der Waals surface area contributed by atoms with Gasteiger partial charge in [-0.1, -0.05) is 6.07 Å². The minimum atomic E-state index is -0.655. The van der Waals surface area contributed by atoms with Crippen molar-refractivity contribution < 1.29 is 28.5 Å². The van der Waals surface area contributed by atoms with Crippen molar-refractivity contribution in [2.24, 2.45) is 0 Å². The number of alkyl carbamates (subject to hydrolysis) is 1. The van der Waals surface area contributed by atoms with Gasteiger partial charge in [-0.05, 0) is 75.4 Å². The molecule has 8 nitrogen and oxygen atoms in total. The number of carbonyl (C=O) groups excluding carboxylic acids is 1. The van der Waals surface area contributed by atoms with Crippen molar-refractivity contribution in [3.8, 4) is 34.1 Å². The Bertz CT molecular complexity index is 1120. The number of aryl methyl sites for hydroxylation is 1. The van der Waals surface area contributed by atoms with Gasteiger partial charge in [0.1, 0.15) is 5.60 Å². The van der Waals surface area contributed by atoms with E-state index in [4.69, 9.17) is 23.7 Å². The minimum absolute atomic E-state index is 0.198. The van der Waals surface area contributed by atoms with Crippen LogP contribution < -0.4 is 29.7 Å². The van der Waals surface area contributed by atoms with Gasteiger partial charge in [0.2, 0.25) is 11.2 Å². The van der Waals surface area contributed by atoms with Crippen LogP contribution in [-0.4, -0.2) is 39.6 Å². The molecule has 8 heteroatoms. The molecule has 0 fully saturated rings. The van der Waals surface area contributed by atoms with E-state index in [-0.39, 0.29) is 11.2 Å². The van der Waals surface area contributed by atoms with Gasteiger partial charge in [0, 0.05) is 5.56 Å². The zero-order chi connectivity index (χ0) is 25.0. The molecule has 3 rings (SSSR count). The minimum Gasteiger partial charge on any atom is -0.493 e. The van der Waals surface area contributed by atoms with E-state index in [1.807, 2.05) is 19.1 Å². The van der Waals surface area contributed by atoms with Crippen molar-refractivity contribution in [2.75, 3.05) is 27.9 Å². The van der Waals surface area contributed by atoms with Crippen LogP contribution in [0, 0.1) is 0 Å². The van der Waals surface area contributed by atoms with Crippen molar-refractivity contribution in [2.45, 2.75) is 52.2 Å². The number of benzene rings is 1. The van der Waals surface area contributed by atoms with Gasteiger partial charge in [0.15, 0.2) is 17.2 Å². The summed E-state index contributed by atoms with van der Waals surface area (Å²) in [5, 5.41) is 2.95. The second-order valence-corrected chi connectivity index (χ2v) is 8.93. The molecule has 1 amide bonds. The summed E-state index contributed by atoms with van der Waals surface area (Å²) in [6.07, 6.45) is 0.576. The molecule has 0 radical (unpaired) electrons. The highest BCUT2D eigenvalue weighted by Crippen LogP contribution is 2.50. The summed E-state index contributed by atoms with van der Waals surface area (Å²) in [5.41, 5.74) is 2.18. The predicted octanol–water partition coefficient (Wildman–Crippen LogP) is 4.65. The Morgan fingerprint density at radius 2 is 1.74 bits per heavy atom. The average Bonchev–Trinajstić information content (AvgIpc) is 3.01. The average molecular weight is 472 g/mol. The molecule has 1 aliphatic carbocycles. The van der Waals surface area contributed by atoms with Crippen LogP contribution in [0.4, 0.5) is 4.79 Å². The molecule has 0 aromatic heterocycles. The smallest absolute Gasteiger partial charge is 0.408 e. The molecule has 1 unspecified atom stereocenters. The van der Waals surface area contributed by atoms with E-state index in [2.05, 4.69) is 5.32 Å². The lowest BCUT2D eigenvalue weighted by atomic mass is 9.95. The Morgan fingerprint density at radius 1 is 1.03 bits per heavy atom. The molecule has 0 bridgehead atoms. The third-order valence-corrected chi connectivity index (χ3v) is 5.50. The molecule has 0 aliphatic heterocycles. The van der Waals surface area contributed by atoms with E-state index in [0.717, 1.165) is 16.7 Å². The monoisotopic (exact) mass is 471 g/mol.